The van der Waals surface area contributed by atoms with Gasteiger partial charge in [-0.05, 0) is 51.4 Å². The Bertz CT molecular complexity index is 930. The average molecular weight is 462 g/mol. The predicted molar refractivity (Wildman–Crippen MR) is 144 cm³/mol. The Morgan fingerprint density at radius 3 is 2.59 bits per heavy atom. The van der Waals surface area contributed by atoms with E-state index in [1.54, 1.807) is 0 Å². The molecule has 1 saturated heterocycles. The minimum absolute atomic E-state index is 0.113. The number of aromatic nitrogens is 1. The van der Waals surface area contributed by atoms with E-state index in [2.05, 4.69) is 56.8 Å². The number of hydrogen-bond donors (Lipinski definition) is 1. The Hall–Kier alpha value is -2.93. The van der Waals surface area contributed by atoms with Crippen LogP contribution in [0.1, 0.15) is 45.4 Å². The van der Waals surface area contributed by atoms with Gasteiger partial charge in [-0.1, -0.05) is 44.1 Å². The van der Waals surface area contributed by atoms with E-state index in [1.807, 2.05) is 37.7 Å². The number of nitrogens with zero attached hydrogens (tertiary/aromatic N) is 6. The fourth-order valence-electron chi connectivity index (χ4n) is 5.11. The molecule has 4 rings (SSSR count). The minimum atomic E-state index is 0.113. The van der Waals surface area contributed by atoms with Crippen molar-refractivity contribution in [3.05, 3.63) is 55.0 Å². The molecule has 0 radical (unpaired) electrons. The lowest BCUT2D eigenvalue weighted by atomic mass is 9.77. The second kappa shape index (κ2) is 11.5. The molecule has 7 heteroatoms. The summed E-state index contributed by atoms with van der Waals surface area (Å²) < 4.78 is 0. The molecule has 1 saturated carbocycles. The van der Waals surface area contributed by atoms with E-state index in [9.17, 15) is 0 Å². The van der Waals surface area contributed by atoms with Crippen molar-refractivity contribution in [2.75, 3.05) is 50.0 Å². The van der Waals surface area contributed by atoms with Crippen LogP contribution in [0.4, 0.5) is 11.5 Å². The third-order valence-electron chi connectivity index (χ3n) is 7.16. The zero-order valence-corrected chi connectivity index (χ0v) is 20.8. The van der Waals surface area contributed by atoms with Crippen LogP contribution in [0.15, 0.2) is 65.0 Å². The molecule has 34 heavy (non-hydrogen) atoms. The maximum absolute atomic E-state index is 4.81. The molecule has 1 aromatic heterocycles. The second-order valence-corrected chi connectivity index (χ2v) is 9.54. The number of nitrogens with one attached hydrogen (secondary N) is 1. The fourth-order valence-corrected chi connectivity index (χ4v) is 5.11. The van der Waals surface area contributed by atoms with Gasteiger partial charge in [0, 0.05) is 38.3 Å². The third-order valence-corrected chi connectivity index (χ3v) is 7.16. The summed E-state index contributed by atoms with van der Waals surface area (Å²) in [6.45, 7) is 11.3. The van der Waals surface area contributed by atoms with Crippen LogP contribution in [0.3, 0.4) is 0 Å². The molecule has 1 N–H and O–H groups in total. The SMILES string of the molecule is C=C(/N=C/N1C(/C=C\C=C\C)=NCCC12CCCCC2)Nc1ccc(N2CCN(C)CC2)cn1. The zero-order chi connectivity index (χ0) is 23.8. The molecule has 3 aliphatic rings. The first-order chi connectivity index (χ1) is 16.6. The smallest absolute Gasteiger partial charge is 0.131 e. The molecule has 3 heterocycles. The Balaban J connectivity index is 1.43. The Labute approximate surface area is 204 Å². The summed E-state index contributed by atoms with van der Waals surface area (Å²) in [7, 11) is 2.17. The summed E-state index contributed by atoms with van der Waals surface area (Å²) in [4.78, 5) is 21.1. The highest BCUT2D eigenvalue weighted by molar-refractivity contribution is 6.01. The van der Waals surface area contributed by atoms with E-state index in [-0.39, 0.29) is 5.54 Å². The van der Waals surface area contributed by atoms with Crippen LogP contribution < -0.4 is 10.2 Å². The molecule has 2 aliphatic heterocycles. The summed E-state index contributed by atoms with van der Waals surface area (Å²) in [5, 5.41) is 3.25. The van der Waals surface area contributed by atoms with Gasteiger partial charge in [0.1, 0.15) is 17.5 Å². The first kappa shape index (κ1) is 24.2. The minimum Gasteiger partial charge on any atom is -0.368 e. The van der Waals surface area contributed by atoms with E-state index < -0.39 is 0 Å². The van der Waals surface area contributed by atoms with E-state index in [4.69, 9.17) is 9.98 Å². The summed E-state index contributed by atoms with van der Waals surface area (Å²) in [6.07, 6.45) is 19.4. The monoisotopic (exact) mass is 461 g/mol. The first-order valence-electron chi connectivity index (χ1n) is 12.6. The lowest BCUT2D eigenvalue weighted by Gasteiger charge is -2.47. The molecule has 7 nitrogen and oxygen atoms in total. The molecule has 0 unspecified atom stereocenters. The zero-order valence-electron chi connectivity index (χ0n) is 20.8. The van der Waals surface area contributed by atoms with Crippen molar-refractivity contribution in [1.29, 1.82) is 0 Å². The van der Waals surface area contributed by atoms with E-state index in [0.717, 1.165) is 56.5 Å². The number of allylic oxidation sites excluding steroid dienone is 3. The van der Waals surface area contributed by atoms with Crippen LogP contribution in [-0.2, 0) is 0 Å². The van der Waals surface area contributed by atoms with Crippen molar-refractivity contribution in [1.82, 2.24) is 14.8 Å². The summed E-state index contributed by atoms with van der Waals surface area (Å²) in [5.74, 6) is 2.32. The number of likely N-dealkylation sites (N-methyl/N-ethyl adjacent to an activating group) is 1. The molecular formula is C27H39N7. The number of aliphatic imine (C=N–C) groups is 2. The van der Waals surface area contributed by atoms with Gasteiger partial charge in [-0.25, -0.2) is 9.98 Å². The lowest BCUT2D eigenvalue weighted by molar-refractivity contribution is 0.160. The van der Waals surface area contributed by atoms with Crippen LogP contribution in [0.25, 0.3) is 0 Å². The topological polar surface area (TPSA) is 59.4 Å². The van der Waals surface area contributed by atoms with Crippen molar-refractivity contribution in [3.63, 3.8) is 0 Å². The van der Waals surface area contributed by atoms with Crippen molar-refractivity contribution in [3.8, 4) is 0 Å². The molecular weight excluding hydrogens is 422 g/mol. The van der Waals surface area contributed by atoms with Gasteiger partial charge in [-0.3, -0.25) is 4.99 Å². The number of piperazine rings is 1. The predicted octanol–water partition coefficient (Wildman–Crippen LogP) is 4.68. The number of hydrogen-bond acceptors (Lipinski definition) is 6. The van der Waals surface area contributed by atoms with Crippen LogP contribution in [0, 0.1) is 0 Å². The molecule has 1 aliphatic carbocycles. The summed E-state index contributed by atoms with van der Waals surface area (Å²) in [6, 6.07) is 4.13. The lowest BCUT2D eigenvalue weighted by Crippen LogP contribution is -2.54. The van der Waals surface area contributed by atoms with E-state index >= 15 is 0 Å². The number of anilines is 2. The van der Waals surface area contributed by atoms with Gasteiger partial charge < -0.3 is 20.0 Å². The van der Waals surface area contributed by atoms with Gasteiger partial charge in [0.2, 0.25) is 0 Å². The van der Waals surface area contributed by atoms with Gasteiger partial charge >= 0.3 is 0 Å². The largest absolute Gasteiger partial charge is 0.368 e. The van der Waals surface area contributed by atoms with Crippen LogP contribution in [0.2, 0.25) is 0 Å². The Morgan fingerprint density at radius 1 is 1.09 bits per heavy atom. The Kier molecular flexibility index (Phi) is 8.16. The standard InChI is InChI=1S/C27H39N7/c1-4-5-7-10-26-28-16-15-27(13-8-6-9-14-27)34(26)22-30-23(2)31-25-12-11-24(21-29-25)33-19-17-32(3)18-20-33/h4-5,7,10-12,21-22H,2,6,8-9,13-20H2,1,3H3,(H,29,31)/b5-4+,10-7-,30-22+. The van der Waals surface area contributed by atoms with Crippen molar-refractivity contribution in [2.45, 2.75) is 51.0 Å². The van der Waals surface area contributed by atoms with Crippen molar-refractivity contribution < 1.29 is 0 Å². The molecule has 0 amide bonds. The number of amidine groups is 1. The van der Waals surface area contributed by atoms with E-state index in [0.29, 0.717) is 5.82 Å². The highest BCUT2D eigenvalue weighted by atomic mass is 15.3. The van der Waals surface area contributed by atoms with Gasteiger partial charge in [-0.2, -0.15) is 0 Å². The van der Waals surface area contributed by atoms with Crippen LogP contribution in [0.5, 0.6) is 0 Å². The fraction of sp³-hybridized carbons (Fsp3) is 0.519. The normalized spacial score (nSPS) is 21.6. The van der Waals surface area contributed by atoms with Crippen molar-refractivity contribution >= 4 is 23.7 Å². The highest BCUT2D eigenvalue weighted by Crippen LogP contribution is 2.38. The van der Waals surface area contributed by atoms with E-state index in [1.165, 1.54) is 32.1 Å². The van der Waals surface area contributed by atoms with Gasteiger partial charge in [-0.15, -0.1) is 0 Å². The molecule has 0 bridgehead atoms. The van der Waals surface area contributed by atoms with Gasteiger partial charge in [0.25, 0.3) is 0 Å². The number of rotatable bonds is 7. The Morgan fingerprint density at radius 2 is 1.88 bits per heavy atom. The maximum atomic E-state index is 4.81. The summed E-state index contributed by atoms with van der Waals surface area (Å²) in [5.41, 5.74) is 1.27. The molecule has 1 spiro atoms. The van der Waals surface area contributed by atoms with Crippen LogP contribution in [-0.4, -0.2) is 72.3 Å². The molecule has 1 aromatic rings. The molecule has 0 aromatic carbocycles. The van der Waals surface area contributed by atoms with Gasteiger partial charge in [0.15, 0.2) is 0 Å². The second-order valence-electron chi connectivity index (χ2n) is 9.54. The van der Waals surface area contributed by atoms with Crippen LogP contribution >= 0.6 is 0 Å². The maximum Gasteiger partial charge on any atom is 0.131 e. The summed E-state index contributed by atoms with van der Waals surface area (Å²) >= 11 is 0. The highest BCUT2D eigenvalue weighted by Gasteiger charge is 2.40. The molecule has 0 atom stereocenters. The quantitative estimate of drug-likeness (QED) is 0.363. The van der Waals surface area contributed by atoms with Gasteiger partial charge in [0.05, 0.1) is 18.2 Å². The number of pyridine rings is 1. The first-order valence-corrected chi connectivity index (χ1v) is 12.6. The van der Waals surface area contributed by atoms with Crippen molar-refractivity contribution in [2.24, 2.45) is 9.98 Å². The molecule has 182 valence electrons. The molecule has 2 fully saturated rings. The third kappa shape index (κ3) is 5.95. The average Bonchev–Trinajstić information content (AvgIpc) is 2.85.